The van der Waals surface area contributed by atoms with Gasteiger partial charge in [0.25, 0.3) is 0 Å². The second-order valence-corrected chi connectivity index (χ2v) is 36.3. The number of nitrogens with zero attached hydrogens (tertiary/aromatic N) is 18. The highest BCUT2D eigenvalue weighted by Gasteiger charge is 2.18. The normalized spacial score (nSPS) is 11.3. The van der Waals surface area contributed by atoms with Crippen LogP contribution in [0.4, 0.5) is 10.1 Å². The number of anilines is 1. The molecule has 0 fully saturated rings. The molecule has 9 aromatic heterocycles. The second kappa shape index (κ2) is 51.7. The molecule has 0 amide bonds. The molecule has 0 bridgehead atoms. The molecular formula is C97H158FN19. The minimum Gasteiger partial charge on any atom is -0.396 e. The summed E-state index contributed by atoms with van der Waals surface area (Å²) < 4.78 is 13.2. The minimum atomic E-state index is -0.306. The predicted octanol–water partition coefficient (Wildman–Crippen LogP) is 26.4. The fourth-order valence-corrected chi connectivity index (χ4v) is 11.2. The third-order valence-corrected chi connectivity index (χ3v) is 18.5. The van der Waals surface area contributed by atoms with Crippen molar-refractivity contribution in [3.63, 3.8) is 0 Å². The average Bonchev–Trinajstić information content (AvgIpc) is 0.838. The first-order chi connectivity index (χ1) is 54.2. The number of aryl methyl sites for hydroxylation is 6. The Morgan fingerprint density at radius 3 is 0.769 bits per heavy atom. The summed E-state index contributed by atoms with van der Waals surface area (Å²) in [6.07, 6.45) is 12.5. The highest BCUT2D eigenvalue weighted by Crippen LogP contribution is 2.27. The van der Waals surface area contributed by atoms with E-state index in [2.05, 4.69) is 359 Å². The lowest BCUT2D eigenvalue weighted by atomic mass is 10.0. The van der Waals surface area contributed by atoms with Crippen molar-refractivity contribution in [2.24, 2.45) is 0 Å². The van der Waals surface area contributed by atoms with Gasteiger partial charge in [-0.1, -0.05) is 249 Å². The number of rotatable bonds is 18. The molecule has 0 unspecified atom stereocenters. The van der Waals surface area contributed by atoms with Gasteiger partial charge in [-0.2, -0.15) is 0 Å². The highest BCUT2D eigenvalue weighted by molar-refractivity contribution is 5.42. The van der Waals surface area contributed by atoms with Crippen LogP contribution in [-0.4, -0.2) is 89.7 Å². The van der Waals surface area contributed by atoms with E-state index in [1.165, 1.54) is 62.5 Å². The van der Waals surface area contributed by atoms with Gasteiger partial charge in [0.05, 0.1) is 29.5 Å². The summed E-state index contributed by atoms with van der Waals surface area (Å²) >= 11 is 0. The van der Waals surface area contributed by atoms with Gasteiger partial charge in [0.1, 0.15) is 52.4 Å². The van der Waals surface area contributed by atoms with Crippen LogP contribution >= 0.6 is 0 Å². The van der Waals surface area contributed by atoms with Gasteiger partial charge in [0.15, 0.2) is 5.82 Å². The van der Waals surface area contributed by atoms with E-state index in [9.17, 15) is 4.39 Å². The second-order valence-electron chi connectivity index (χ2n) is 36.3. The molecule has 0 radical (unpaired) electrons. The van der Waals surface area contributed by atoms with Crippen molar-refractivity contribution < 1.29 is 4.39 Å². The zero-order chi connectivity index (χ0) is 90.1. The van der Waals surface area contributed by atoms with Crippen molar-refractivity contribution >= 4 is 5.69 Å². The Morgan fingerprint density at radius 1 is 0.231 bits per heavy atom. The van der Waals surface area contributed by atoms with E-state index >= 15 is 0 Å². The molecule has 0 aliphatic heterocycles. The summed E-state index contributed by atoms with van der Waals surface area (Å²) in [5, 5.41) is 0. The molecule has 0 aliphatic rings. The van der Waals surface area contributed by atoms with Gasteiger partial charge in [-0.3, -0.25) is 0 Å². The number of halogens is 1. The molecule has 0 spiro atoms. The molecule has 0 saturated carbocycles. The molecule has 0 aliphatic carbocycles. The van der Waals surface area contributed by atoms with Crippen molar-refractivity contribution in [2.45, 2.75) is 404 Å². The Labute approximate surface area is 710 Å². The molecule has 117 heavy (non-hydrogen) atoms. The standard InChI is InChI=1S/C12H20N2.5C11H18N2.C10H15FN2.C10H17N3.C10H16N2/c1-7(2)11-9(5)10(6)13-12(14-11)8(3)4;4*1-7(2)10-9(5)6-12-11(13-10)8(3)4;1-7(2)10-6-9(5)12-11(13-10)8(3)4;2*1-6(2)9-8(11)5-12-10(13-9)7(3)4;1-7(2)9-5-6-11-10(12-9)8(3)4/h7-8H,1-6H3;5*6-8H,1-5H3;5-7H,1-4H3;5-7H,11H2,1-4H3;5-8H,1-4H3. The Balaban J connectivity index is 0.000000658. The van der Waals surface area contributed by atoms with E-state index in [1.807, 2.05) is 71.7 Å². The number of hydrogen-bond donors (Lipinski definition) is 1. The van der Waals surface area contributed by atoms with Crippen LogP contribution in [0.3, 0.4) is 0 Å². The molecule has 0 aromatic carbocycles. The monoisotopic (exact) mass is 1610 g/mol. The molecule has 20 heteroatoms. The first-order valence-electron chi connectivity index (χ1n) is 43.2. The third-order valence-electron chi connectivity index (χ3n) is 18.5. The number of hydrogen-bond acceptors (Lipinski definition) is 19. The van der Waals surface area contributed by atoms with E-state index in [4.69, 9.17) is 5.73 Å². The van der Waals surface area contributed by atoms with Gasteiger partial charge < -0.3 is 5.73 Å². The quantitative estimate of drug-likeness (QED) is 0.0837. The van der Waals surface area contributed by atoms with Crippen LogP contribution in [0.25, 0.3) is 0 Å². The zero-order valence-corrected chi connectivity index (χ0v) is 81.1. The summed E-state index contributed by atoms with van der Waals surface area (Å²) in [4.78, 5) is 78.9. The molecule has 9 rings (SSSR count). The maximum atomic E-state index is 13.2. The SMILES string of the molecule is CC(C)c1ccnc(C(C)C)n1.CC(C)c1ncc(F)c(C(C)C)n1.CC(C)c1ncc(N)c(C(C)C)n1.Cc1cc(C(C)C)nc(C(C)C)n1.Cc1cnc(C(C)C)nc1C(C)C.Cc1cnc(C(C)C)nc1C(C)C.Cc1cnc(C(C)C)nc1C(C)C.Cc1cnc(C(C)C)nc1C(C)C.Cc1nc(C(C)C)nc(C(C)C)c1C. The number of nitrogen functional groups attached to an aromatic ring is 1. The Bertz CT molecular complexity index is 3850. The fraction of sp³-hybridized carbons (Fsp3) is 0.629. The zero-order valence-electron chi connectivity index (χ0n) is 81.1. The van der Waals surface area contributed by atoms with Gasteiger partial charge in [-0.15, -0.1) is 0 Å². The van der Waals surface area contributed by atoms with Crippen molar-refractivity contribution in [3.8, 4) is 0 Å². The van der Waals surface area contributed by atoms with E-state index in [0.717, 1.165) is 75.1 Å². The summed E-state index contributed by atoms with van der Waals surface area (Å²) in [6, 6.07) is 4.05. The van der Waals surface area contributed by atoms with E-state index < -0.39 is 0 Å². The van der Waals surface area contributed by atoms with Crippen LogP contribution in [0, 0.1) is 54.3 Å². The lowest BCUT2D eigenvalue weighted by molar-refractivity contribution is 0.565. The van der Waals surface area contributed by atoms with Crippen molar-refractivity contribution in [1.29, 1.82) is 0 Å². The smallest absolute Gasteiger partial charge is 0.163 e. The van der Waals surface area contributed by atoms with Gasteiger partial charge in [0, 0.05) is 135 Å². The van der Waals surface area contributed by atoms with Crippen LogP contribution in [0.1, 0.15) is 499 Å². The van der Waals surface area contributed by atoms with Crippen LogP contribution in [0.2, 0.25) is 0 Å². The summed E-state index contributed by atoms with van der Waals surface area (Å²) in [7, 11) is 0. The van der Waals surface area contributed by atoms with E-state index in [1.54, 1.807) is 6.20 Å². The van der Waals surface area contributed by atoms with Crippen LogP contribution in [0.5, 0.6) is 0 Å². The Hall–Kier alpha value is -8.55. The molecule has 0 saturated heterocycles. The predicted molar refractivity (Wildman–Crippen MR) is 489 cm³/mol. The van der Waals surface area contributed by atoms with Gasteiger partial charge >= 0.3 is 0 Å². The molecule has 9 heterocycles. The Morgan fingerprint density at radius 2 is 0.479 bits per heavy atom. The summed E-state index contributed by atoms with van der Waals surface area (Å²) in [6.45, 7) is 90.6. The lowest BCUT2D eigenvalue weighted by Gasteiger charge is -2.14. The van der Waals surface area contributed by atoms with Gasteiger partial charge in [0.2, 0.25) is 0 Å². The van der Waals surface area contributed by atoms with Crippen LogP contribution < -0.4 is 5.73 Å². The maximum Gasteiger partial charge on any atom is 0.163 e. The van der Waals surface area contributed by atoms with Gasteiger partial charge in [-0.25, -0.2) is 94.1 Å². The first kappa shape index (κ1) is 106. The molecule has 2 N–H and O–H groups in total. The molecular weight excluding hydrogens is 1450 g/mol. The first-order valence-corrected chi connectivity index (χ1v) is 43.2. The minimum absolute atomic E-state index is 0.112. The average molecular weight is 1610 g/mol. The summed E-state index contributed by atoms with van der Waals surface area (Å²) in [5.74, 6) is 15.4. The van der Waals surface area contributed by atoms with Crippen molar-refractivity contribution in [3.05, 3.63) is 204 Å². The lowest BCUT2D eigenvalue weighted by Crippen LogP contribution is -2.07. The van der Waals surface area contributed by atoms with Gasteiger partial charge in [-0.05, 0) is 142 Å². The van der Waals surface area contributed by atoms with Crippen LogP contribution in [0.15, 0.2) is 55.5 Å². The molecule has 648 valence electrons. The maximum absolute atomic E-state index is 13.2. The van der Waals surface area contributed by atoms with Crippen molar-refractivity contribution in [2.75, 3.05) is 5.73 Å². The Kier molecular flexibility index (Phi) is 47.1. The number of nitrogens with two attached hydrogens (primary N) is 1. The largest absolute Gasteiger partial charge is 0.396 e. The molecule has 0 atom stereocenters. The topological polar surface area (TPSA) is 258 Å². The molecule has 9 aromatic rings. The summed E-state index contributed by atoms with van der Waals surface area (Å²) in [5.41, 5.74) is 24.3. The molecule has 19 nitrogen and oxygen atoms in total. The van der Waals surface area contributed by atoms with E-state index in [0.29, 0.717) is 112 Å². The highest BCUT2D eigenvalue weighted by atomic mass is 19.1. The van der Waals surface area contributed by atoms with Crippen molar-refractivity contribution in [1.82, 2.24) is 89.7 Å². The van der Waals surface area contributed by atoms with Crippen LogP contribution in [-0.2, 0) is 0 Å². The fourth-order valence-electron chi connectivity index (χ4n) is 11.2. The third kappa shape index (κ3) is 37.1. The number of aromatic nitrogens is 18. The van der Waals surface area contributed by atoms with E-state index in [-0.39, 0.29) is 17.7 Å².